The maximum atomic E-state index is 13.1. The topological polar surface area (TPSA) is 29.1 Å². The van der Waals surface area contributed by atoms with Gasteiger partial charge in [-0.3, -0.25) is 4.79 Å². The molecule has 2 aromatic carbocycles. The fourth-order valence-corrected chi connectivity index (χ4v) is 2.35. The van der Waals surface area contributed by atoms with E-state index in [1.807, 2.05) is 44.2 Å². The quantitative estimate of drug-likeness (QED) is 0.856. The van der Waals surface area contributed by atoms with Crippen molar-refractivity contribution >= 4 is 5.91 Å². The molecule has 0 aromatic heterocycles. The third kappa shape index (κ3) is 4.42. The summed E-state index contributed by atoms with van der Waals surface area (Å²) in [4.78, 5) is 12.6. The number of rotatable bonds is 6. The molecular formula is C19H22FNO. The molecule has 22 heavy (non-hydrogen) atoms. The zero-order valence-corrected chi connectivity index (χ0v) is 13.1. The Hall–Kier alpha value is -2.16. The second-order valence-corrected chi connectivity index (χ2v) is 5.61. The minimum atomic E-state index is -0.308. The normalized spacial score (nSPS) is 13.4. The van der Waals surface area contributed by atoms with Crippen molar-refractivity contribution in [3.05, 3.63) is 71.5 Å². The van der Waals surface area contributed by atoms with Crippen molar-refractivity contribution in [3.8, 4) is 0 Å². The molecule has 2 unspecified atom stereocenters. The van der Waals surface area contributed by atoms with Crippen molar-refractivity contribution in [2.75, 3.05) is 0 Å². The predicted octanol–water partition coefficient (Wildman–Crippen LogP) is 4.07. The predicted molar refractivity (Wildman–Crippen MR) is 87.2 cm³/mol. The maximum Gasteiger partial charge on any atom is 0.228 e. The van der Waals surface area contributed by atoms with Crippen LogP contribution in [0.1, 0.15) is 37.3 Å². The van der Waals surface area contributed by atoms with E-state index in [0.717, 1.165) is 17.5 Å². The molecule has 0 radical (unpaired) electrons. The Kier molecular flexibility index (Phi) is 5.70. The number of hydrogen-bond donors (Lipinski definition) is 1. The molecule has 1 amide bonds. The number of hydrogen-bond acceptors (Lipinski definition) is 1. The van der Waals surface area contributed by atoms with E-state index in [-0.39, 0.29) is 23.7 Å². The Labute approximate surface area is 131 Å². The van der Waals surface area contributed by atoms with E-state index in [9.17, 15) is 9.18 Å². The van der Waals surface area contributed by atoms with Crippen molar-refractivity contribution in [1.29, 1.82) is 0 Å². The number of carbonyl (C=O) groups is 1. The van der Waals surface area contributed by atoms with Crippen LogP contribution in [0.15, 0.2) is 54.6 Å². The smallest absolute Gasteiger partial charge is 0.228 e. The molecule has 2 atom stereocenters. The highest BCUT2D eigenvalue weighted by molar-refractivity contribution is 5.84. The minimum Gasteiger partial charge on any atom is -0.353 e. The van der Waals surface area contributed by atoms with Gasteiger partial charge >= 0.3 is 0 Å². The largest absolute Gasteiger partial charge is 0.353 e. The second kappa shape index (κ2) is 7.74. The summed E-state index contributed by atoms with van der Waals surface area (Å²) in [7, 11) is 0. The third-order valence-corrected chi connectivity index (χ3v) is 3.87. The van der Waals surface area contributed by atoms with Crippen LogP contribution in [0, 0.1) is 5.82 Å². The molecule has 3 heteroatoms. The minimum absolute atomic E-state index is 0.00943. The van der Waals surface area contributed by atoms with Gasteiger partial charge in [0.25, 0.3) is 0 Å². The van der Waals surface area contributed by atoms with Crippen LogP contribution in [0.5, 0.6) is 0 Å². The molecule has 0 heterocycles. The second-order valence-electron chi connectivity index (χ2n) is 5.61. The summed E-state index contributed by atoms with van der Waals surface area (Å²) in [6.45, 7) is 4.02. The number of benzene rings is 2. The van der Waals surface area contributed by atoms with Crippen molar-refractivity contribution in [1.82, 2.24) is 5.32 Å². The standard InChI is InChI=1S/C19H22FNO/c1-3-14(2)21-19(22)18(13-15-7-5-4-6-8-15)16-9-11-17(20)12-10-16/h4-12,14,18H,3,13H2,1-2H3,(H,21,22). The lowest BCUT2D eigenvalue weighted by atomic mass is 9.91. The highest BCUT2D eigenvalue weighted by Gasteiger charge is 2.22. The van der Waals surface area contributed by atoms with E-state index in [0.29, 0.717) is 6.42 Å². The Bertz CT molecular complexity index is 595. The van der Waals surface area contributed by atoms with Gasteiger partial charge in [-0.25, -0.2) is 4.39 Å². The summed E-state index contributed by atoms with van der Waals surface area (Å²) in [5, 5.41) is 3.03. The highest BCUT2D eigenvalue weighted by Crippen LogP contribution is 2.22. The number of amides is 1. The van der Waals surface area contributed by atoms with Gasteiger partial charge < -0.3 is 5.32 Å². The molecule has 0 aliphatic rings. The SMILES string of the molecule is CCC(C)NC(=O)C(Cc1ccccc1)c1ccc(F)cc1. The van der Waals surface area contributed by atoms with E-state index in [1.54, 1.807) is 12.1 Å². The fourth-order valence-electron chi connectivity index (χ4n) is 2.35. The summed E-state index contributed by atoms with van der Waals surface area (Å²) >= 11 is 0. The molecule has 0 saturated carbocycles. The molecule has 0 saturated heterocycles. The Morgan fingerprint density at radius 3 is 2.32 bits per heavy atom. The number of halogens is 1. The van der Waals surface area contributed by atoms with Gasteiger partial charge in [0.1, 0.15) is 5.82 Å². The van der Waals surface area contributed by atoms with Crippen LogP contribution in [0.25, 0.3) is 0 Å². The zero-order valence-electron chi connectivity index (χ0n) is 13.1. The molecule has 0 spiro atoms. The van der Waals surface area contributed by atoms with Gasteiger partial charge in [-0.05, 0) is 43.0 Å². The summed E-state index contributed by atoms with van der Waals surface area (Å²) < 4.78 is 13.1. The summed E-state index contributed by atoms with van der Waals surface area (Å²) in [5.41, 5.74) is 1.93. The van der Waals surface area contributed by atoms with Crippen LogP contribution in [-0.2, 0) is 11.2 Å². The molecule has 116 valence electrons. The number of carbonyl (C=O) groups excluding carboxylic acids is 1. The van der Waals surface area contributed by atoms with Gasteiger partial charge in [-0.2, -0.15) is 0 Å². The lowest BCUT2D eigenvalue weighted by molar-refractivity contribution is -0.123. The van der Waals surface area contributed by atoms with Crippen LogP contribution < -0.4 is 5.32 Å². The van der Waals surface area contributed by atoms with Gasteiger partial charge in [0, 0.05) is 6.04 Å². The maximum absolute atomic E-state index is 13.1. The van der Waals surface area contributed by atoms with Crippen molar-refractivity contribution in [2.45, 2.75) is 38.6 Å². The average Bonchev–Trinajstić information content (AvgIpc) is 2.54. The first-order valence-corrected chi connectivity index (χ1v) is 7.70. The van der Waals surface area contributed by atoms with Gasteiger partial charge in [-0.15, -0.1) is 0 Å². The first kappa shape index (κ1) is 16.2. The highest BCUT2D eigenvalue weighted by atomic mass is 19.1. The van der Waals surface area contributed by atoms with Crippen molar-refractivity contribution in [2.24, 2.45) is 0 Å². The lowest BCUT2D eigenvalue weighted by Gasteiger charge is -2.20. The fraction of sp³-hybridized carbons (Fsp3) is 0.316. The van der Waals surface area contributed by atoms with E-state index < -0.39 is 0 Å². The van der Waals surface area contributed by atoms with E-state index in [4.69, 9.17) is 0 Å². The van der Waals surface area contributed by atoms with Crippen LogP contribution in [0.2, 0.25) is 0 Å². The van der Waals surface area contributed by atoms with Crippen LogP contribution in [-0.4, -0.2) is 11.9 Å². The third-order valence-electron chi connectivity index (χ3n) is 3.87. The van der Waals surface area contributed by atoms with E-state index in [1.165, 1.54) is 12.1 Å². The molecule has 0 aliphatic carbocycles. The Morgan fingerprint density at radius 1 is 1.09 bits per heavy atom. The monoisotopic (exact) mass is 299 g/mol. The molecule has 0 aliphatic heterocycles. The molecule has 0 fully saturated rings. The molecule has 0 bridgehead atoms. The molecule has 2 rings (SSSR count). The molecule has 1 N–H and O–H groups in total. The van der Waals surface area contributed by atoms with Gasteiger partial charge in [0.05, 0.1) is 5.92 Å². The van der Waals surface area contributed by atoms with E-state index in [2.05, 4.69) is 5.32 Å². The Morgan fingerprint density at radius 2 is 1.73 bits per heavy atom. The van der Waals surface area contributed by atoms with Crippen molar-refractivity contribution in [3.63, 3.8) is 0 Å². The average molecular weight is 299 g/mol. The summed E-state index contributed by atoms with van der Waals surface area (Å²) in [5.74, 6) is -0.605. The molecule has 2 nitrogen and oxygen atoms in total. The summed E-state index contributed by atoms with van der Waals surface area (Å²) in [6, 6.07) is 16.2. The van der Waals surface area contributed by atoms with Crippen LogP contribution in [0.4, 0.5) is 4.39 Å². The zero-order chi connectivity index (χ0) is 15.9. The van der Waals surface area contributed by atoms with Crippen LogP contribution in [0.3, 0.4) is 0 Å². The van der Waals surface area contributed by atoms with Gasteiger partial charge in [0.2, 0.25) is 5.91 Å². The molecular weight excluding hydrogens is 277 g/mol. The summed E-state index contributed by atoms with van der Waals surface area (Å²) in [6.07, 6.45) is 1.49. The van der Waals surface area contributed by atoms with Gasteiger partial charge in [-0.1, -0.05) is 49.4 Å². The lowest BCUT2D eigenvalue weighted by Crippen LogP contribution is -2.36. The first-order valence-electron chi connectivity index (χ1n) is 7.70. The van der Waals surface area contributed by atoms with Gasteiger partial charge in [0.15, 0.2) is 0 Å². The van der Waals surface area contributed by atoms with Crippen molar-refractivity contribution < 1.29 is 9.18 Å². The Balaban J connectivity index is 2.23. The number of nitrogens with one attached hydrogen (secondary N) is 1. The first-order chi connectivity index (χ1) is 10.6. The molecule has 2 aromatic rings. The van der Waals surface area contributed by atoms with Crippen LogP contribution >= 0.6 is 0 Å². The van der Waals surface area contributed by atoms with E-state index >= 15 is 0 Å².